The Morgan fingerprint density at radius 1 is 1.38 bits per heavy atom. The van der Waals surface area contributed by atoms with E-state index in [4.69, 9.17) is 0 Å². The number of nitro groups is 1. The highest BCUT2D eigenvalue weighted by Crippen LogP contribution is 2.35. The normalized spacial score (nSPS) is 18.3. The van der Waals surface area contributed by atoms with Crippen molar-refractivity contribution in [3.63, 3.8) is 0 Å². The lowest BCUT2D eigenvalue weighted by Gasteiger charge is -2.39. The first-order valence-electron chi connectivity index (χ1n) is 7.93. The highest BCUT2D eigenvalue weighted by Gasteiger charge is 2.40. The van der Waals surface area contributed by atoms with Crippen molar-refractivity contribution in [1.29, 1.82) is 0 Å². The van der Waals surface area contributed by atoms with Gasteiger partial charge in [-0.25, -0.2) is 0 Å². The van der Waals surface area contributed by atoms with Crippen molar-refractivity contribution in [1.82, 2.24) is 4.90 Å². The van der Waals surface area contributed by atoms with Crippen molar-refractivity contribution in [2.45, 2.75) is 33.6 Å². The first kappa shape index (κ1) is 17.9. The molecule has 0 spiro atoms. The summed E-state index contributed by atoms with van der Waals surface area (Å²) in [5, 5.41) is 20.4. The van der Waals surface area contributed by atoms with Crippen LogP contribution in [0, 0.1) is 28.4 Å². The van der Waals surface area contributed by atoms with Gasteiger partial charge < -0.3 is 10.0 Å². The zero-order valence-electron chi connectivity index (χ0n) is 14.1. The summed E-state index contributed by atoms with van der Waals surface area (Å²) in [6, 6.07) is 4.45. The summed E-state index contributed by atoms with van der Waals surface area (Å²) >= 11 is 0. The number of carbonyl (C=O) groups is 2. The maximum absolute atomic E-state index is 12.8. The minimum atomic E-state index is -0.920. The van der Waals surface area contributed by atoms with Gasteiger partial charge in [-0.15, -0.1) is 0 Å². The van der Waals surface area contributed by atoms with E-state index in [2.05, 4.69) is 0 Å². The number of benzene rings is 1. The van der Waals surface area contributed by atoms with Crippen LogP contribution in [0.4, 0.5) is 5.69 Å². The van der Waals surface area contributed by atoms with Gasteiger partial charge in [-0.05, 0) is 45.6 Å². The summed E-state index contributed by atoms with van der Waals surface area (Å²) in [5.41, 5.74) is -0.359. The van der Waals surface area contributed by atoms with Crippen molar-refractivity contribution < 1.29 is 19.6 Å². The van der Waals surface area contributed by atoms with Gasteiger partial charge in [0.15, 0.2) is 0 Å². The number of carboxylic acids is 1. The van der Waals surface area contributed by atoms with Crippen LogP contribution in [0.15, 0.2) is 18.2 Å². The van der Waals surface area contributed by atoms with Crippen LogP contribution in [0.5, 0.6) is 0 Å². The maximum atomic E-state index is 12.8. The molecule has 7 nitrogen and oxygen atoms in total. The molecule has 1 aromatic rings. The van der Waals surface area contributed by atoms with E-state index in [1.54, 1.807) is 31.7 Å². The highest BCUT2D eigenvalue weighted by molar-refractivity contribution is 5.96. The molecule has 0 bridgehead atoms. The number of nitro benzene ring substituents is 1. The molecular formula is C17H22N2O5. The van der Waals surface area contributed by atoms with Crippen LogP contribution in [0.3, 0.4) is 0 Å². The van der Waals surface area contributed by atoms with Gasteiger partial charge in [0.2, 0.25) is 0 Å². The predicted octanol–water partition coefficient (Wildman–Crippen LogP) is 2.87. The minimum absolute atomic E-state index is 0.0831. The van der Waals surface area contributed by atoms with Crippen LogP contribution in [-0.4, -0.2) is 39.9 Å². The Balaban J connectivity index is 2.26. The van der Waals surface area contributed by atoms with E-state index in [9.17, 15) is 24.8 Å². The summed E-state index contributed by atoms with van der Waals surface area (Å²) in [6.45, 7) is 5.79. The fourth-order valence-electron chi connectivity index (χ4n) is 3.15. The molecule has 130 valence electrons. The molecule has 24 heavy (non-hydrogen) atoms. The minimum Gasteiger partial charge on any atom is -0.481 e. The first-order valence-corrected chi connectivity index (χ1v) is 7.93. The fraction of sp³-hybridized carbons (Fsp3) is 0.529. The second-order valence-corrected chi connectivity index (χ2v) is 6.82. The molecule has 1 atom stereocenters. The SMILES string of the molecule is Cc1c(C(=O)N2CCC[C@@H](C(C)(C)C(=O)O)C2)cccc1[N+](=O)[O-]. The van der Waals surface area contributed by atoms with E-state index in [1.807, 2.05) is 0 Å². The molecule has 1 heterocycles. The zero-order valence-corrected chi connectivity index (χ0v) is 14.1. The number of likely N-dealkylation sites (tertiary alicyclic amines) is 1. The second kappa shape index (κ2) is 6.59. The molecule has 1 saturated heterocycles. The molecule has 1 aliphatic heterocycles. The number of carbonyl (C=O) groups excluding carboxylic acids is 1. The van der Waals surface area contributed by atoms with Crippen LogP contribution in [-0.2, 0) is 4.79 Å². The first-order chi connectivity index (χ1) is 11.2. The number of hydrogen-bond acceptors (Lipinski definition) is 4. The van der Waals surface area contributed by atoms with E-state index in [1.165, 1.54) is 12.1 Å². The Morgan fingerprint density at radius 2 is 2.04 bits per heavy atom. The van der Waals surface area contributed by atoms with Crippen molar-refractivity contribution in [2.75, 3.05) is 13.1 Å². The van der Waals surface area contributed by atoms with Gasteiger partial charge >= 0.3 is 5.97 Å². The Bertz CT molecular complexity index is 684. The number of carboxylic acid groups (broad SMARTS) is 1. The van der Waals surface area contributed by atoms with Crippen molar-refractivity contribution in [3.8, 4) is 0 Å². The predicted molar refractivity (Wildman–Crippen MR) is 87.9 cm³/mol. The zero-order chi connectivity index (χ0) is 18.1. The Hall–Kier alpha value is -2.44. The largest absolute Gasteiger partial charge is 0.481 e. The molecule has 1 N–H and O–H groups in total. The molecule has 1 aliphatic rings. The third-order valence-electron chi connectivity index (χ3n) is 5.01. The smallest absolute Gasteiger partial charge is 0.309 e. The topological polar surface area (TPSA) is 101 Å². The molecule has 1 aromatic carbocycles. The number of nitrogens with zero attached hydrogens (tertiary/aromatic N) is 2. The third-order valence-corrected chi connectivity index (χ3v) is 5.01. The molecule has 1 amide bonds. The summed E-state index contributed by atoms with van der Waals surface area (Å²) in [4.78, 5) is 36.4. The number of piperidine rings is 1. The highest BCUT2D eigenvalue weighted by atomic mass is 16.6. The maximum Gasteiger partial charge on any atom is 0.309 e. The van der Waals surface area contributed by atoms with Crippen LogP contribution < -0.4 is 0 Å². The van der Waals surface area contributed by atoms with E-state index in [0.29, 0.717) is 24.2 Å². The van der Waals surface area contributed by atoms with E-state index in [-0.39, 0.29) is 17.5 Å². The van der Waals surface area contributed by atoms with Gasteiger partial charge in [-0.3, -0.25) is 19.7 Å². The molecule has 7 heteroatoms. The Morgan fingerprint density at radius 3 is 2.62 bits per heavy atom. The average molecular weight is 334 g/mol. The van der Waals surface area contributed by atoms with E-state index in [0.717, 1.165) is 12.8 Å². The van der Waals surface area contributed by atoms with Gasteiger partial charge in [0.1, 0.15) is 0 Å². The van der Waals surface area contributed by atoms with Crippen molar-refractivity contribution >= 4 is 17.6 Å². The quantitative estimate of drug-likeness (QED) is 0.674. The fourth-order valence-corrected chi connectivity index (χ4v) is 3.15. The molecule has 0 saturated carbocycles. The van der Waals surface area contributed by atoms with Gasteiger partial charge in [0, 0.05) is 30.3 Å². The summed E-state index contributed by atoms with van der Waals surface area (Å²) in [7, 11) is 0. The van der Waals surface area contributed by atoms with Gasteiger partial charge in [0.25, 0.3) is 11.6 Å². The lowest BCUT2D eigenvalue weighted by atomic mass is 9.74. The Kier molecular flexibility index (Phi) is 4.91. The van der Waals surface area contributed by atoms with Crippen LogP contribution >= 0.6 is 0 Å². The lowest BCUT2D eigenvalue weighted by Crippen LogP contribution is -2.47. The molecule has 0 radical (unpaired) electrons. The number of rotatable bonds is 4. The molecule has 2 rings (SSSR count). The molecular weight excluding hydrogens is 312 g/mol. The molecule has 0 aliphatic carbocycles. The van der Waals surface area contributed by atoms with Crippen LogP contribution in [0.25, 0.3) is 0 Å². The molecule has 1 fully saturated rings. The molecule has 0 unspecified atom stereocenters. The second-order valence-electron chi connectivity index (χ2n) is 6.82. The third kappa shape index (κ3) is 3.25. The van der Waals surface area contributed by atoms with E-state index < -0.39 is 16.3 Å². The number of hydrogen-bond donors (Lipinski definition) is 1. The van der Waals surface area contributed by atoms with Crippen molar-refractivity contribution in [3.05, 3.63) is 39.4 Å². The molecule has 0 aromatic heterocycles. The number of aliphatic carboxylic acids is 1. The summed E-state index contributed by atoms with van der Waals surface area (Å²) in [6.07, 6.45) is 1.47. The average Bonchev–Trinajstić information content (AvgIpc) is 2.54. The lowest BCUT2D eigenvalue weighted by molar-refractivity contribution is -0.385. The Labute approximate surface area is 140 Å². The van der Waals surface area contributed by atoms with Crippen LogP contribution in [0.1, 0.15) is 42.6 Å². The van der Waals surface area contributed by atoms with Crippen LogP contribution in [0.2, 0.25) is 0 Å². The van der Waals surface area contributed by atoms with Gasteiger partial charge in [-0.1, -0.05) is 6.07 Å². The van der Waals surface area contributed by atoms with Gasteiger partial charge in [-0.2, -0.15) is 0 Å². The van der Waals surface area contributed by atoms with Gasteiger partial charge in [0.05, 0.1) is 10.3 Å². The van der Waals surface area contributed by atoms with E-state index >= 15 is 0 Å². The summed E-state index contributed by atoms with van der Waals surface area (Å²) in [5.74, 6) is -1.30. The number of amides is 1. The van der Waals surface area contributed by atoms with Crippen molar-refractivity contribution in [2.24, 2.45) is 11.3 Å². The summed E-state index contributed by atoms with van der Waals surface area (Å²) < 4.78 is 0. The monoisotopic (exact) mass is 334 g/mol. The standard InChI is InChI=1S/C17H22N2O5/c1-11-13(7-4-8-14(11)19(23)24)15(20)18-9-5-6-12(10-18)17(2,3)16(21)22/h4,7-8,12H,5-6,9-10H2,1-3H3,(H,21,22)/t12-/m1/s1.